The number of carbonyl (C=O) groups excluding carboxylic acids is 2. The van der Waals surface area contributed by atoms with Crippen LogP contribution in [0.3, 0.4) is 0 Å². The van der Waals surface area contributed by atoms with Gasteiger partial charge in [0.15, 0.2) is 5.78 Å². The zero-order chi connectivity index (χ0) is 13.5. The number of rotatable bonds is 6. The predicted octanol–water partition coefficient (Wildman–Crippen LogP) is 2.87. The fourth-order valence-electron chi connectivity index (χ4n) is 1.48. The third kappa shape index (κ3) is 4.04. The van der Waals surface area contributed by atoms with Crippen molar-refractivity contribution in [3.05, 3.63) is 28.8 Å². The summed E-state index contributed by atoms with van der Waals surface area (Å²) in [5.74, 6) is -0.123. The van der Waals surface area contributed by atoms with E-state index in [9.17, 15) is 9.59 Å². The summed E-state index contributed by atoms with van der Waals surface area (Å²) in [4.78, 5) is 23.1. The van der Waals surface area contributed by atoms with Gasteiger partial charge in [-0.05, 0) is 25.1 Å². The van der Waals surface area contributed by atoms with E-state index >= 15 is 0 Å². The first-order valence-corrected chi connectivity index (χ1v) is 5.98. The monoisotopic (exact) mass is 270 g/mol. The van der Waals surface area contributed by atoms with Crippen molar-refractivity contribution in [3.63, 3.8) is 0 Å². The van der Waals surface area contributed by atoms with Crippen LogP contribution < -0.4 is 4.74 Å². The van der Waals surface area contributed by atoms with E-state index in [2.05, 4.69) is 0 Å². The van der Waals surface area contributed by atoms with Crippen molar-refractivity contribution < 1.29 is 19.1 Å². The molecule has 98 valence electrons. The SMILES string of the molecule is CCOC(=O)CCC(=O)c1cc(Cl)ccc1OC. The summed E-state index contributed by atoms with van der Waals surface area (Å²) < 4.78 is 9.84. The largest absolute Gasteiger partial charge is 0.496 e. The van der Waals surface area contributed by atoms with Gasteiger partial charge >= 0.3 is 5.97 Å². The summed E-state index contributed by atoms with van der Waals surface area (Å²) in [5, 5.41) is 0.454. The van der Waals surface area contributed by atoms with Gasteiger partial charge in [0.05, 0.1) is 25.7 Å². The van der Waals surface area contributed by atoms with E-state index in [1.807, 2.05) is 0 Å². The molecule has 4 nitrogen and oxygen atoms in total. The number of carbonyl (C=O) groups is 2. The van der Waals surface area contributed by atoms with Crippen LogP contribution in [0.2, 0.25) is 5.02 Å². The van der Waals surface area contributed by atoms with Crippen molar-refractivity contribution in [1.82, 2.24) is 0 Å². The molecule has 0 saturated heterocycles. The second kappa shape index (κ2) is 7.01. The van der Waals surface area contributed by atoms with E-state index in [4.69, 9.17) is 21.1 Å². The molecule has 1 rings (SSSR count). The molecule has 0 N–H and O–H groups in total. The van der Waals surface area contributed by atoms with Crippen LogP contribution >= 0.6 is 11.6 Å². The molecule has 0 amide bonds. The molecule has 1 aromatic rings. The maximum absolute atomic E-state index is 11.9. The first-order valence-electron chi connectivity index (χ1n) is 5.60. The topological polar surface area (TPSA) is 52.6 Å². The van der Waals surface area contributed by atoms with E-state index in [1.165, 1.54) is 13.2 Å². The standard InChI is InChI=1S/C13H15ClO4/c1-3-18-13(16)7-5-11(15)10-8-9(14)4-6-12(10)17-2/h4,6,8H,3,5,7H2,1-2H3. The third-order valence-corrected chi connectivity index (χ3v) is 2.56. The van der Waals surface area contributed by atoms with Crippen LogP contribution in [0.15, 0.2) is 18.2 Å². The molecule has 0 bridgehead atoms. The van der Waals surface area contributed by atoms with E-state index < -0.39 is 0 Å². The molecule has 0 aliphatic heterocycles. The smallest absolute Gasteiger partial charge is 0.306 e. The Labute approximate surface area is 111 Å². The van der Waals surface area contributed by atoms with Crippen LogP contribution in [0.5, 0.6) is 5.75 Å². The summed E-state index contributed by atoms with van der Waals surface area (Å²) in [5.41, 5.74) is 0.384. The molecule has 0 aliphatic rings. The van der Waals surface area contributed by atoms with Gasteiger partial charge in [-0.3, -0.25) is 9.59 Å². The number of ketones is 1. The normalized spacial score (nSPS) is 9.94. The molecule has 5 heteroatoms. The fourth-order valence-corrected chi connectivity index (χ4v) is 1.65. The molecule has 18 heavy (non-hydrogen) atoms. The molecular formula is C13H15ClO4. The average Bonchev–Trinajstić information content (AvgIpc) is 2.36. The van der Waals surface area contributed by atoms with E-state index in [0.717, 1.165) is 0 Å². The Morgan fingerprint density at radius 3 is 2.61 bits per heavy atom. The van der Waals surface area contributed by atoms with Gasteiger partial charge in [-0.2, -0.15) is 0 Å². The van der Waals surface area contributed by atoms with Gasteiger partial charge in [0.1, 0.15) is 5.75 Å². The summed E-state index contributed by atoms with van der Waals surface area (Å²) in [7, 11) is 1.48. The summed E-state index contributed by atoms with van der Waals surface area (Å²) in [6.07, 6.45) is 0.137. The maximum Gasteiger partial charge on any atom is 0.306 e. The van der Waals surface area contributed by atoms with Crippen LogP contribution in [0.1, 0.15) is 30.1 Å². The number of Topliss-reactive ketones (excluding diaryl/α,β-unsaturated/α-hetero) is 1. The maximum atomic E-state index is 11.9. The lowest BCUT2D eigenvalue weighted by molar-refractivity contribution is -0.143. The lowest BCUT2D eigenvalue weighted by Crippen LogP contribution is -2.08. The first kappa shape index (κ1) is 14.5. The minimum Gasteiger partial charge on any atom is -0.496 e. The quantitative estimate of drug-likeness (QED) is 0.589. The van der Waals surface area contributed by atoms with Crippen LogP contribution in [0, 0.1) is 0 Å². The third-order valence-electron chi connectivity index (χ3n) is 2.32. The highest BCUT2D eigenvalue weighted by Crippen LogP contribution is 2.24. The highest BCUT2D eigenvalue weighted by Gasteiger charge is 2.14. The van der Waals surface area contributed by atoms with E-state index in [1.54, 1.807) is 19.1 Å². The Kier molecular flexibility index (Phi) is 5.65. The Hall–Kier alpha value is -1.55. The van der Waals surface area contributed by atoms with Gasteiger partial charge < -0.3 is 9.47 Å². The predicted molar refractivity (Wildman–Crippen MR) is 68.2 cm³/mol. The zero-order valence-corrected chi connectivity index (χ0v) is 11.1. The molecule has 0 heterocycles. The van der Waals surface area contributed by atoms with Crippen molar-refractivity contribution in [2.75, 3.05) is 13.7 Å². The van der Waals surface area contributed by atoms with Crippen LogP contribution in [-0.4, -0.2) is 25.5 Å². The van der Waals surface area contributed by atoms with Crippen molar-refractivity contribution >= 4 is 23.4 Å². The molecule has 0 saturated carbocycles. The Morgan fingerprint density at radius 1 is 1.28 bits per heavy atom. The number of esters is 1. The Bertz CT molecular complexity index is 443. The van der Waals surface area contributed by atoms with Crippen molar-refractivity contribution in [2.45, 2.75) is 19.8 Å². The molecule has 0 unspecified atom stereocenters. The molecule has 1 aromatic carbocycles. The van der Waals surface area contributed by atoms with Gasteiger partial charge in [0.2, 0.25) is 0 Å². The van der Waals surface area contributed by atoms with Crippen LogP contribution in [0.4, 0.5) is 0 Å². The molecular weight excluding hydrogens is 256 g/mol. The van der Waals surface area contributed by atoms with Crippen molar-refractivity contribution in [2.24, 2.45) is 0 Å². The molecule has 0 aromatic heterocycles. The lowest BCUT2D eigenvalue weighted by Gasteiger charge is -2.07. The van der Waals surface area contributed by atoms with Gasteiger partial charge in [-0.15, -0.1) is 0 Å². The van der Waals surface area contributed by atoms with Gasteiger partial charge in [0.25, 0.3) is 0 Å². The number of hydrogen-bond donors (Lipinski definition) is 0. The minimum atomic E-state index is -0.383. The Balaban J connectivity index is 2.71. The average molecular weight is 271 g/mol. The molecule has 0 aliphatic carbocycles. The summed E-state index contributed by atoms with van der Waals surface area (Å²) in [6.45, 7) is 2.03. The van der Waals surface area contributed by atoms with E-state index in [0.29, 0.717) is 22.9 Å². The summed E-state index contributed by atoms with van der Waals surface area (Å²) in [6, 6.07) is 4.80. The molecule has 0 atom stereocenters. The highest BCUT2D eigenvalue weighted by molar-refractivity contribution is 6.31. The Morgan fingerprint density at radius 2 is 2.00 bits per heavy atom. The number of methoxy groups -OCH3 is 1. The highest BCUT2D eigenvalue weighted by atomic mass is 35.5. The molecule has 0 fully saturated rings. The molecule has 0 spiro atoms. The van der Waals surface area contributed by atoms with Gasteiger partial charge in [-0.25, -0.2) is 0 Å². The molecule has 0 radical (unpaired) electrons. The summed E-state index contributed by atoms with van der Waals surface area (Å²) >= 11 is 5.83. The second-order valence-corrected chi connectivity index (χ2v) is 4.01. The lowest BCUT2D eigenvalue weighted by atomic mass is 10.1. The first-order chi connectivity index (χ1) is 8.58. The fraction of sp³-hybridized carbons (Fsp3) is 0.385. The van der Waals surface area contributed by atoms with Crippen LogP contribution in [-0.2, 0) is 9.53 Å². The van der Waals surface area contributed by atoms with Gasteiger partial charge in [-0.1, -0.05) is 11.6 Å². The number of benzene rings is 1. The van der Waals surface area contributed by atoms with Crippen LogP contribution in [0.25, 0.3) is 0 Å². The zero-order valence-electron chi connectivity index (χ0n) is 10.4. The number of hydrogen-bond acceptors (Lipinski definition) is 4. The number of halogens is 1. The minimum absolute atomic E-state index is 0.0579. The van der Waals surface area contributed by atoms with Crippen molar-refractivity contribution in [1.29, 1.82) is 0 Å². The number of ether oxygens (including phenoxy) is 2. The van der Waals surface area contributed by atoms with Gasteiger partial charge in [0, 0.05) is 11.4 Å². The second-order valence-electron chi connectivity index (χ2n) is 3.57. The van der Waals surface area contributed by atoms with Crippen molar-refractivity contribution in [3.8, 4) is 5.75 Å². The van der Waals surface area contributed by atoms with E-state index in [-0.39, 0.29) is 24.6 Å².